The van der Waals surface area contributed by atoms with Gasteiger partial charge in [-0.2, -0.15) is 0 Å². The fraction of sp³-hybridized carbons (Fsp3) is 0.308. The normalized spacial score (nSPS) is 11.1. The first-order valence-corrected chi connectivity index (χ1v) is 7.21. The van der Waals surface area contributed by atoms with Crippen LogP contribution in [0.25, 0.3) is 10.6 Å². The first-order chi connectivity index (χ1) is 8.16. The van der Waals surface area contributed by atoms with Crippen molar-refractivity contribution >= 4 is 27.3 Å². The molecule has 1 aromatic heterocycles. The topological polar surface area (TPSA) is 24.9 Å². The highest BCUT2D eigenvalue weighted by Gasteiger charge is 2.07. The summed E-state index contributed by atoms with van der Waals surface area (Å²) in [5, 5.41) is 4.47. The molecule has 0 aliphatic heterocycles. The van der Waals surface area contributed by atoms with Crippen molar-refractivity contribution in [3.05, 3.63) is 39.8 Å². The maximum Gasteiger partial charge on any atom is 0.124 e. The van der Waals surface area contributed by atoms with Crippen LogP contribution in [0.4, 0.5) is 0 Å². The summed E-state index contributed by atoms with van der Waals surface area (Å²) >= 11 is 5.29. The third kappa shape index (κ3) is 3.37. The van der Waals surface area contributed by atoms with Gasteiger partial charge in [-0.05, 0) is 6.07 Å². The Hall–Kier alpha value is -0.710. The van der Waals surface area contributed by atoms with Crippen LogP contribution in [0.5, 0.6) is 0 Å². The molecule has 1 aromatic carbocycles. The van der Waals surface area contributed by atoms with Crippen LogP contribution >= 0.6 is 27.3 Å². The molecule has 0 aliphatic carbocycles. The fourth-order valence-corrected chi connectivity index (χ4v) is 2.96. The van der Waals surface area contributed by atoms with E-state index in [1.54, 1.807) is 11.3 Å². The molecule has 0 bridgehead atoms. The van der Waals surface area contributed by atoms with E-state index in [9.17, 15) is 0 Å². The minimum atomic E-state index is 0.504. The van der Waals surface area contributed by atoms with Gasteiger partial charge in [0.2, 0.25) is 0 Å². The molecule has 90 valence electrons. The predicted molar refractivity (Wildman–Crippen MR) is 77.2 cm³/mol. The number of thiazole rings is 1. The zero-order valence-corrected chi connectivity index (χ0v) is 12.3. The van der Waals surface area contributed by atoms with E-state index >= 15 is 0 Å². The molecule has 2 nitrogen and oxygen atoms in total. The van der Waals surface area contributed by atoms with E-state index in [1.807, 2.05) is 24.4 Å². The molecule has 2 aromatic rings. The standard InChI is InChI=1S/C13H15BrN2S/c1-9(2)15-7-10-8-16-13(17-10)11-5-3-4-6-12(11)14/h3-6,8-9,15H,7H2,1-2H3. The molecule has 0 radical (unpaired) electrons. The quantitative estimate of drug-likeness (QED) is 0.920. The van der Waals surface area contributed by atoms with Crippen molar-refractivity contribution in [2.24, 2.45) is 0 Å². The lowest BCUT2D eigenvalue weighted by Crippen LogP contribution is -2.21. The molecule has 0 amide bonds. The number of hydrogen-bond donors (Lipinski definition) is 1. The van der Waals surface area contributed by atoms with E-state index in [0.717, 1.165) is 21.6 Å². The lowest BCUT2D eigenvalue weighted by atomic mass is 10.2. The molecule has 0 spiro atoms. The summed E-state index contributed by atoms with van der Waals surface area (Å²) in [5.41, 5.74) is 1.16. The number of hydrogen-bond acceptors (Lipinski definition) is 3. The fourth-order valence-electron chi connectivity index (χ4n) is 1.45. The lowest BCUT2D eigenvalue weighted by molar-refractivity contribution is 0.593. The summed E-state index contributed by atoms with van der Waals surface area (Å²) in [4.78, 5) is 5.74. The second-order valence-electron chi connectivity index (χ2n) is 4.15. The Morgan fingerprint density at radius 1 is 1.35 bits per heavy atom. The summed E-state index contributed by atoms with van der Waals surface area (Å²) in [6.07, 6.45) is 1.95. The zero-order valence-electron chi connectivity index (χ0n) is 9.90. The van der Waals surface area contributed by atoms with Gasteiger partial charge in [-0.1, -0.05) is 48.0 Å². The Bertz CT molecular complexity index is 494. The van der Waals surface area contributed by atoms with Crippen LogP contribution in [0.15, 0.2) is 34.9 Å². The van der Waals surface area contributed by atoms with Crippen LogP contribution in [-0.4, -0.2) is 11.0 Å². The van der Waals surface area contributed by atoms with Crippen molar-refractivity contribution in [3.8, 4) is 10.6 Å². The Balaban J connectivity index is 2.16. The SMILES string of the molecule is CC(C)NCc1cnc(-c2ccccc2Br)s1. The number of benzene rings is 1. The Kier molecular flexibility index (Phi) is 4.31. The second-order valence-corrected chi connectivity index (χ2v) is 6.12. The van der Waals surface area contributed by atoms with Gasteiger partial charge in [0, 0.05) is 33.7 Å². The van der Waals surface area contributed by atoms with Crippen molar-refractivity contribution in [2.75, 3.05) is 0 Å². The predicted octanol–water partition coefficient (Wildman–Crippen LogP) is 4.07. The average molecular weight is 311 g/mol. The van der Waals surface area contributed by atoms with Crippen molar-refractivity contribution in [2.45, 2.75) is 26.4 Å². The highest BCUT2D eigenvalue weighted by molar-refractivity contribution is 9.10. The number of halogens is 1. The molecule has 2 rings (SSSR count). The van der Waals surface area contributed by atoms with Gasteiger partial charge >= 0.3 is 0 Å². The first kappa shape index (κ1) is 12.7. The molecule has 0 unspecified atom stereocenters. The van der Waals surface area contributed by atoms with Gasteiger partial charge in [-0.25, -0.2) is 4.98 Å². The summed E-state index contributed by atoms with van der Waals surface area (Å²) in [6, 6.07) is 8.69. The van der Waals surface area contributed by atoms with Crippen LogP contribution in [-0.2, 0) is 6.54 Å². The minimum absolute atomic E-state index is 0.504. The van der Waals surface area contributed by atoms with Gasteiger partial charge < -0.3 is 5.32 Å². The maximum atomic E-state index is 4.47. The molecule has 4 heteroatoms. The monoisotopic (exact) mass is 310 g/mol. The van der Waals surface area contributed by atoms with Crippen LogP contribution in [0.3, 0.4) is 0 Å². The van der Waals surface area contributed by atoms with Crippen LogP contribution < -0.4 is 5.32 Å². The molecule has 17 heavy (non-hydrogen) atoms. The number of nitrogens with one attached hydrogen (secondary N) is 1. The van der Waals surface area contributed by atoms with Gasteiger partial charge in [0.15, 0.2) is 0 Å². The summed E-state index contributed by atoms with van der Waals surface area (Å²) in [5.74, 6) is 0. The third-order valence-electron chi connectivity index (χ3n) is 2.34. The van der Waals surface area contributed by atoms with Crippen molar-refractivity contribution in [1.29, 1.82) is 0 Å². The molecule has 1 N–H and O–H groups in total. The Morgan fingerprint density at radius 2 is 2.12 bits per heavy atom. The van der Waals surface area contributed by atoms with E-state index in [0.29, 0.717) is 6.04 Å². The largest absolute Gasteiger partial charge is 0.310 e. The molecule has 0 saturated heterocycles. The molecular formula is C13H15BrN2S. The van der Waals surface area contributed by atoms with Gasteiger partial charge in [-0.15, -0.1) is 11.3 Å². The van der Waals surface area contributed by atoms with Crippen LogP contribution in [0.1, 0.15) is 18.7 Å². The highest BCUT2D eigenvalue weighted by atomic mass is 79.9. The van der Waals surface area contributed by atoms with E-state index < -0.39 is 0 Å². The molecule has 0 aliphatic rings. The minimum Gasteiger partial charge on any atom is -0.310 e. The Labute approximate surface area is 114 Å². The molecular weight excluding hydrogens is 296 g/mol. The van der Waals surface area contributed by atoms with Crippen LogP contribution in [0.2, 0.25) is 0 Å². The van der Waals surface area contributed by atoms with E-state index in [2.05, 4.69) is 46.1 Å². The van der Waals surface area contributed by atoms with Crippen molar-refractivity contribution in [1.82, 2.24) is 10.3 Å². The average Bonchev–Trinajstić information content (AvgIpc) is 2.75. The summed E-state index contributed by atoms with van der Waals surface area (Å²) in [6.45, 7) is 5.19. The zero-order chi connectivity index (χ0) is 12.3. The van der Waals surface area contributed by atoms with Crippen LogP contribution in [0, 0.1) is 0 Å². The highest BCUT2D eigenvalue weighted by Crippen LogP contribution is 2.31. The molecule has 0 saturated carbocycles. The summed E-state index contributed by atoms with van der Waals surface area (Å²) in [7, 11) is 0. The van der Waals surface area contributed by atoms with Gasteiger partial charge in [-0.3, -0.25) is 0 Å². The third-order valence-corrected chi connectivity index (χ3v) is 4.06. The van der Waals surface area contributed by atoms with E-state index in [-0.39, 0.29) is 0 Å². The summed E-state index contributed by atoms with van der Waals surface area (Å²) < 4.78 is 1.10. The number of aromatic nitrogens is 1. The van der Waals surface area contributed by atoms with Crippen molar-refractivity contribution in [3.63, 3.8) is 0 Å². The maximum absolute atomic E-state index is 4.47. The number of nitrogens with zero attached hydrogens (tertiary/aromatic N) is 1. The van der Waals surface area contributed by atoms with Crippen molar-refractivity contribution < 1.29 is 0 Å². The van der Waals surface area contributed by atoms with Gasteiger partial charge in [0.05, 0.1) is 0 Å². The van der Waals surface area contributed by atoms with E-state index in [4.69, 9.17) is 0 Å². The van der Waals surface area contributed by atoms with Gasteiger partial charge in [0.1, 0.15) is 5.01 Å². The lowest BCUT2D eigenvalue weighted by Gasteiger charge is -2.04. The molecule has 1 heterocycles. The first-order valence-electron chi connectivity index (χ1n) is 5.60. The molecule has 0 atom stereocenters. The number of rotatable bonds is 4. The second kappa shape index (κ2) is 5.76. The Morgan fingerprint density at radius 3 is 2.82 bits per heavy atom. The van der Waals surface area contributed by atoms with E-state index in [1.165, 1.54) is 4.88 Å². The smallest absolute Gasteiger partial charge is 0.124 e. The molecule has 0 fully saturated rings. The van der Waals surface area contributed by atoms with Gasteiger partial charge in [0.25, 0.3) is 0 Å².